The van der Waals surface area contributed by atoms with Crippen molar-refractivity contribution >= 4 is 17.8 Å². The van der Waals surface area contributed by atoms with E-state index in [1.165, 1.54) is 18.1 Å². The molecule has 3 aliphatic rings. The number of carbonyl (C=O) groups is 2. The molecule has 3 aliphatic carbocycles. The van der Waals surface area contributed by atoms with E-state index in [-0.39, 0.29) is 29.7 Å². The molecular formula is C30H32N2O8. The van der Waals surface area contributed by atoms with Gasteiger partial charge in [-0.1, -0.05) is 24.8 Å². The number of phenols is 1. The van der Waals surface area contributed by atoms with E-state index in [2.05, 4.69) is 6.58 Å². The topological polar surface area (TPSA) is 174 Å². The molecule has 5 rings (SSSR count). The predicted molar refractivity (Wildman–Crippen MR) is 146 cm³/mol. The summed E-state index contributed by atoms with van der Waals surface area (Å²) in [6, 6.07) is 7.57. The van der Waals surface area contributed by atoms with Gasteiger partial charge < -0.3 is 36.0 Å². The number of phenolic OH excluding ortho intramolecular Hbond substituents is 1. The van der Waals surface area contributed by atoms with Crippen molar-refractivity contribution in [2.75, 3.05) is 21.2 Å². The maximum atomic E-state index is 13.3. The first-order valence-electron chi connectivity index (χ1n) is 12.8. The van der Waals surface area contributed by atoms with Crippen molar-refractivity contribution in [1.82, 2.24) is 4.90 Å². The summed E-state index contributed by atoms with van der Waals surface area (Å²) in [6.07, 6.45) is 0.418. The number of ether oxygens (including phenoxy) is 1. The van der Waals surface area contributed by atoms with Crippen LogP contribution < -0.4 is 10.5 Å². The van der Waals surface area contributed by atoms with Gasteiger partial charge in [0.05, 0.1) is 13.2 Å². The molecule has 0 heterocycles. The van der Waals surface area contributed by atoms with E-state index in [9.17, 15) is 35.1 Å². The molecule has 10 heteroatoms. The Hall–Kier alpha value is -4.12. The molecule has 210 valence electrons. The molecule has 7 N–H and O–H groups in total. The Morgan fingerprint density at radius 1 is 1.15 bits per heavy atom. The molecule has 0 saturated carbocycles. The van der Waals surface area contributed by atoms with Crippen molar-refractivity contribution < 1.29 is 39.9 Å². The van der Waals surface area contributed by atoms with Gasteiger partial charge in [-0.05, 0) is 67.7 Å². The summed E-state index contributed by atoms with van der Waals surface area (Å²) in [4.78, 5) is 26.9. The Morgan fingerprint density at radius 2 is 1.85 bits per heavy atom. The average molecular weight is 549 g/mol. The first-order valence-corrected chi connectivity index (χ1v) is 12.8. The van der Waals surface area contributed by atoms with E-state index in [0.29, 0.717) is 22.4 Å². The highest BCUT2D eigenvalue weighted by atomic mass is 16.5. The molecule has 2 aromatic carbocycles. The summed E-state index contributed by atoms with van der Waals surface area (Å²) in [5, 5.41) is 56.8. The maximum Gasteiger partial charge on any atom is 0.255 e. The van der Waals surface area contributed by atoms with Gasteiger partial charge in [-0.3, -0.25) is 14.5 Å². The number of methoxy groups -OCH3 is 1. The van der Waals surface area contributed by atoms with Crippen LogP contribution >= 0.6 is 0 Å². The Bertz CT molecular complexity index is 1520. The largest absolute Gasteiger partial charge is 0.509 e. The summed E-state index contributed by atoms with van der Waals surface area (Å²) in [6.45, 7) is 3.83. The smallest absolute Gasteiger partial charge is 0.255 e. The van der Waals surface area contributed by atoms with Gasteiger partial charge in [0.1, 0.15) is 34.7 Å². The Balaban J connectivity index is 1.76. The lowest BCUT2D eigenvalue weighted by Gasteiger charge is -2.51. The highest BCUT2D eigenvalue weighted by Gasteiger charge is 2.62. The highest BCUT2D eigenvalue weighted by Crippen LogP contribution is 2.57. The highest BCUT2D eigenvalue weighted by molar-refractivity contribution is 6.22. The number of fused-ring (bicyclic) bond motifs is 3. The monoisotopic (exact) mass is 548 g/mol. The second-order valence-electron chi connectivity index (χ2n) is 10.8. The van der Waals surface area contributed by atoms with E-state index in [0.717, 1.165) is 5.56 Å². The number of nitrogens with two attached hydrogens (primary N) is 1. The van der Waals surface area contributed by atoms with Crippen LogP contribution in [0.15, 0.2) is 59.6 Å². The Morgan fingerprint density at radius 3 is 2.45 bits per heavy atom. The molecule has 0 aromatic heterocycles. The van der Waals surface area contributed by atoms with Crippen molar-refractivity contribution in [2.45, 2.75) is 30.6 Å². The zero-order valence-corrected chi connectivity index (χ0v) is 22.4. The van der Waals surface area contributed by atoms with Gasteiger partial charge >= 0.3 is 0 Å². The van der Waals surface area contributed by atoms with Crippen LogP contribution in [0, 0.1) is 11.8 Å². The van der Waals surface area contributed by atoms with Crippen molar-refractivity contribution in [2.24, 2.45) is 17.6 Å². The normalized spacial score (nSPS) is 27.7. The Kier molecular flexibility index (Phi) is 6.53. The van der Waals surface area contributed by atoms with Crippen LogP contribution in [0.3, 0.4) is 0 Å². The molecule has 0 aliphatic heterocycles. The van der Waals surface area contributed by atoms with Crippen LogP contribution in [-0.2, 0) is 16.0 Å². The number of likely N-dealkylation sites (N-methyl/N-ethyl adjacent to an activating group) is 1. The molecule has 5 atom stereocenters. The number of aliphatic hydroxyl groups is 4. The minimum atomic E-state index is -2.55. The number of Topliss-reactive ketones (excluding diaryl/α,β-unsaturated/α-hetero) is 1. The summed E-state index contributed by atoms with van der Waals surface area (Å²) in [5.74, 6) is -5.12. The molecule has 10 nitrogen and oxygen atoms in total. The number of ketones is 1. The fraction of sp³-hybridized carbons (Fsp3) is 0.333. The minimum Gasteiger partial charge on any atom is -0.509 e. The first kappa shape index (κ1) is 27.4. The zero-order chi connectivity index (χ0) is 29.3. The quantitative estimate of drug-likeness (QED) is 0.306. The third-order valence-corrected chi connectivity index (χ3v) is 8.55. The number of carbonyl (C=O) groups excluding carboxylic acids is 2. The van der Waals surface area contributed by atoms with Crippen LogP contribution in [0.2, 0.25) is 0 Å². The lowest BCUT2D eigenvalue weighted by atomic mass is 9.58. The number of aliphatic hydroxyl groups excluding tert-OH is 3. The lowest BCUT2D eigenvalue weighted by Crippen LogP contribution is -2.62. The summed E-state index contributed by atoms with van der Waals surface area (Å²) < 4.78 is 5.59. The van der Waals surface area contributed by atoms with E-state index < -0.39 is 58.4 Å². The first-order chi connectivity index (χ1) is 18.9. The third kappa shape index (κ3) is 3.67. The van der Waals surface area contributed by atoms with E-state index in [1.807, 2.05) is 12.1 Å². The lowest BCUT2D eigenvalue weighted by molar-refractivity contribution is -0.137. The summed E-state index contributed by atoms with van der Waals surface area (Å²) in [5.41, 5.74) is 5.01. The standard InChI is InChI=1S/C30H32N2O8/c1-5-13-6-9-20(40-4)16(10-13)15-7-8-19(33)22-17(15)11-14-12-18-24(32(2)3)26(35)23(29(31)38)28(37)30(18,39)27(36)21(14)25(22)34/h5-10,14,18,24-25,33-34,36-37,39H,1,11-12H2,2-4H3,(H2,31,38)/t14-,18-,24-,25?,30-/m0/s1. The SMILES string of the molecule is C=Cc1ccc(OC)c(-c2ccc(O)c3c2C[C@H]2C[C@H]4[C@H](N(C)C)C(=O)C(C(N)=O)=C(O)[C@@]4(O)C(O)=C2C3O)c1. The van der Waals surface area contributed by atoms with Crippen LogP contribution in [0.1, 0.15) is 29.2 Å². The molecule has 0 spiro atoms. The number of hydrogen-bond acceptors (Lipinski definition) is 9. The van der Waals surface area contributed by atoms with Crippen LogP contribution in [0.25, 0.3) is 17.2 Å². The number of rotatable bonds is 5. The number of primary amides is 1. The average Bonchev–Trinajstić information content (AvgIpc) is 2.90. The number of hydrogen-bond donors (Lipinski definition) is 6. The molecular weight excluding hydrogens is 516 g/mol. The molecule has 1 unspecified atom stereocenters. The van der Waals surface area contributed by atoms with Crippen LogP contribution in [0.5, 0.6) is 11.5 Å². The number of aromatic hydroxyl groups is 1. The van der Waals surface area contributed by atoms with E-state index in [1.54, 1.807) is 32.3 Å². The minimum absolute atomic E-state index is 0.00673. The van der Waals surface area contributed by atoms with Gasteiger partial charge in [0.25, 0.3) is 5.91 Å². The predicted octanol–water partition coefficient (Wildman–Crippen LogP) is 2.29. The van der Waals surface area contributed by atoms with Crippen LogP contribution in [0.4, 0.5) is 0 Å². The van der Waals surface area contributed by atoms with E-state index in [4.69, 9.17) is 10.5 Å². The maximum absolute atomic E-state index is 13.3. The van der Waals surface area contributed by atoms with Gasteiger partial charge in [-0.25, -0.2) is 0 Å². The summed E-state index contributed by atoms with van der Waals surface area (Å²) in [7, 11) is 4.71. The second kappa shape index (κ2) is 9.51. The van der Waals surface area contributed by atoms with Crippen molar-refractivity contribution in [3.05, 3.63) is 76.3 Å². The molecule has 0 saturated heterocycles. The fourth-order valence-corrected chi connectivity index (χ4v) is 6.75. The molecule has 40 heavy (non-hydrogen) atoms. The molecule has 0 bridgehead atoms. The molecule has 0 radical (unpaired) electrons. The van der Waals surface area contributed by atoms with Gasteiger partial charge in [0.15, 0.2) is 11.4 Å². The van der Waals surface area contributed by atoms with Gasteiger partial charge in [0, 0.05) is 22.6 Å². The van der Waals surface area contributed by atoms with Crippen molar-refractivity contribution in [1.29, 1.82) is 0 Å². The number of amides is 1. The Labute approximate surface area is 230 Å². The molecule has 0 fully saturated rings. The van der Waals surface area contributed by atoms with E-state index >= 15 is 0 Å². The van der Waals surface area contributed by atoms with Crippen LogP contribution in [-0.4, -0.2) is 75.0 Å². The molecule has 1 amide bonds. The number of benzene rings is 2. The van der Waals surface area contributed by atoms with Gasteiger partial charge in [-0.2, -0.15) is 0 Å². The van der Waals surface area contributed by atoms with Gasteiger partial charge in [-0.15, -0.1) is 0 Å². The molecule has 2 aromatic rings. The van der Waals surface area contributed by atoms with Gasteiger partial charge in [0.2, 0.25) is 0 Å². The summed E-state index contributed by atoms with van der Waals surface area (Å²) >= 11 is 0. The van der Waals surface area contributed by atoms with Crippen molar-refractivity contribution in [3.63, 3.8) is 0 Å². The second-order valence-corrected chi connectivity index (χ2v) is 10.8. The zero-order valence-electron chi connectivity index (χ0n) is 22.4. The fourth-order valence-electron chi connectivity index (χ4n) is 6.75. The number of nitrogens with zero attached hydrogens (tertiary/aromatic N) is 1. The van der Waals surface area contributed by atoms with Crippen molar-refractivity contribution in [3.8, 4) is 22.6 Å². The third-order valence-electron chi connectivity index (χ3n) is 8.55.